The average Bonchev–Trinajstić information content (AvgIpc) is 1.36. The lowest BCUT2D eigenvalue weighted by Crippen LogP contribution is -1.73. The molecule has 2 aliphatic rings. The van der Waals surface area contributed by atoms with Crippen molar-refractivity contribution in [3.63, 3.8) is 0 Å². The van der Waals surface area contributed by atoms with E-state index in [4.69, 9.17) is 0 Å². The lowest BCUT2D eigenvalue weighted by atomic mass is 9.87. The van der Waals surface area contributed by atoms with Crippen molar-refractivity contribution in [3.8, 4) is 0 Å². The van der Waals surface area contributed by atoms with Crippen LogP contribution in [-0.2, 0) is 0 Å². The largest absolute Gasteiger partial charge is 0.508 e. The molecule has 0 aromatic rings. The van der Waals surface area contributed by atoms with E-state index in [-0.39, 0.29) is 0 Å². The van der Waals surface area contributed by atoms with Crippen molar-refractivity contribution in [2.75, 3.05) is 6.06 Å². The van der Waals surface area contributed by atoms with Gasteiger partial charge in [-0.2, -0.15) is 0 Å². The Bertz CT molecular complexity index is 86.0. The van der Waals surface area contributed by atoms with E-state index in [9.17, 15) is 0 Å². The predicted molar refractivity (Wildman–Crippen MR) is 23.6 cm³/mol. The first-order valence-electron chi connectivity index (χ1n) is 1.57. The molecule has 0 spiro atoms. The standard InChI is InChI=1S/C2H3BP/c1-3-2-4(1)3/h1H,2H2/q+1. The predicted octanol–water partition coefficient (Wildman–Crippen LogP) is 0.368. The fourth-order valence-electron chi connectivity index (χ4n) is 0.321. The molecule has 1 atom stereocenters. The minimum atomic E-state index is 0.671. The topological polar surface area (TPSA) is 0 Å². The molecule has 4 heavy (non-hydrogen) atoms. The first-order chi connectivity index (χ1) is 1.97. The summed E-state index contributed by atoms with van der Waals surface area (Å²) in [5.41, 5.74) is 2.45. The molecule has 0 aromatic heterocycles. The van der Waals surface area contributed by atoms with Gasteiger partial charge in [0.1, 0.15) is 6.06 Å². The van der Waals surface area contributed by atoms with E-state index in [1.807, 2.05) is 0 Å². The molecular formula is C2H3BP+. The minimum Gasteiger partial charge on any atom is 0.0305 e. The van der Waals surface area contributed by atoms with E-state index in [0.29, 0.717) is 7.42 Å². The van der Waals surface area contributed by atoms with Gasteiger partial charge in [0.15, 0.2) is 0 Å². The molecule has 2 aliphatic heterocycles. The van der Waals surface area contributed by atoms with Crippen molar-refractivity contribution < 1.29 is 0 Å². The third-order valence-electron chi connectivity index (χ3n) is 0.964. The summed E-state index contributed by atoms with van der Waals surface area (Å²) >= 11 is 0. The van der Waals surface area contributed by atoms with Crippen LogP contribution in [0.1, 0.15) is 0 Å². The second kappa shape index (κ2) is 0.238. The second-order valence-electron chi connectivity index (χ2n) is 1.41. The molecule has 0 radical (unpaired) electrons. The van der Waals surface area contributed by atoms with E-state index in [2.05, 4.69) is 5.70 Å². The normalized spacial score (nSPS) is 37.0. The van der Waals surface area contributed by atoms with Gasteiger partial charge in [0.05, 0.1) is 5.70 Å². The Balaban J connectivity index is 2.85. The van der Waals surface area contributed by atoms with Crippen LogP contribution in [0.3, 0.4) is 0 Å². The SMILES string of the molecule is C1=[P+]2CB12. The maximum Gasteiger partial charge on any atom is 0.508 e. The summed E-state index contributed by atoms with van der Waals surface area (Å²) in [5.74, 6) is 0. The zero-order chi connectivity index (χ0) is 2.57. The highest BCUT2D eigenvalue weighted by molar-refractivity contribution is 8.24. The highest BCUT2D eigenvalue weighted by Crippen LogP contribution is 2.56. The van der Waals surface area contributed by atoms with Crippen LogP contribution in [0.25, 0.3) is 0 Å². The van der Waals surface area contributed by atoms with E-state index in [0.717, 1.165) is 0 Å². The van der Waals surface area contributed by atoms with Crippen LogP contribution in [0, 0.1) is 0 Å². The molecule has 1 saturated heterocycles. The van der Waals surface area contributed by atoms with Crippen molar-refractivity contribution in [2.45, 2.75) is 0 Å². The Labute approximate surface area is 26.6 Å². The van der Waals surface area contributed by atoms with Crippen LogP contribution < -0.4 is 0 Å². The molecule has 0 saturated carbocycles. The van der Waals surface area contributed by atoms with Crippen molar-refractivity contribution in [1.29, 1.82) is 0 Å². The van der Waals surface area contributed by atoms with Crippen LogP contribution in [0.4, 0.5) is 0 Å². The quantitative estimate of drug-likeness (QED) is 0.284. The van der Waals surface area contributed by atoms with Crippen LogP contribution in [-0.4, -0.2) is 18.2 Å². The Morgan fingerprint density at radius 3 is 2.25 bits per heavy atom. The smallest absolute Gasteiger partial charge is 0.0305 e. The molecular weight excluding hydrogens is 65.8 g/mol. The van der Waals surface area contributed by atoms with Crippen LogP contribution in [0.2, 0.25) is 0 Å². The molecule has 1 fully saturated rings. The third kappa shape index (κ3) is 0.0503. The van der Waals surface area contributed by atoms with Gasteiger partial charge in [0.2, 0.25) is 0 Å². The van der Waals surface area contributed by atoms with Crippen molar-refractivity contribution in [3.05, 3.63) is 0 Å². The van der Waals surface area contributed by atoms with Gasteiger partial charge in [0, 0.05) is 7.42 Å². The lowest BCUT2D eigenvalue weighted by Gasteiger charge is -1.26. The molecule has 0 aliphatic carbocycles. The summed E-state index contributed by atoms with van der Waals surface area (Å²) in [6.07, 6.45) is 1.19. The van der Waals surface area contributed by atoms with Gasteiger partial charge in [0.25, 0.3) is 0 Å². The Morgan fingerprint density at radius 1 is 2.00 bits per heavy atom. The lowest BCUT2D eigenvalue weighted by molar-refractivity contribution is 2.29. The molecule has 0 amide bonds. The summed E-state index contributed by atoms with van der Waals surface area (Å²) in [7, 11) is 0.671. The van der Waals surface area contributed by atoms with Crippen molar-refractivity contribution in [2.24, 2.45) is 0 Å². The molecule has 2 heteroatoms. The Morgan fingerprint density at radius 2 is 2.25 bits per heavy atom. The molecule has 1 unspecified atom stereocenters. The highest BCUT2D eigenvalue weighted by Gasteiger charge is 2.66. The average molecular weight is 68.8 g/mol. The van der Waals surface area contributed by atoms with E-state index in [1.165, 1.54) is 6.43 Å². The van der Waals surface area contributed by atoms with Gasteiger partial charge in [-0.05, 0) is 0 Å². The monoisotopic (exact) mass is 69.0 g/mol. The first-order valence-corrected chi connectivity index (χ1v) is 3.24. The van der Waals surface area contributed by atoms with Gasteiger partial charge in [-0.1, -0.05) is 0 Å². The molecule has 0 nitrogen and oxygen atoms in total. The number of hydrogen-bond acceptors (Lipinski definition) is 0. The zero-order valence-corrected chi connectivity index (χ0v) is 3.20. The molecule has 2 rings (SSSR count). The Hall–Kier alpha value is 0.235. The molecule has 0 bridgehead atoms. The number of fused-ring (bicyclic) bond motifs is 1. The van der Waals surface area contributed by atoms with Gasteiger partial charge >= 0.3 is 6.43 Å². The Kier molecular flexibility index (Phi) is 0.0963. The maximum absolute atomic E-state index is 2.45. The van der Waals surface area contributed by atoms with E-state index >= 15 is 0 Å². The summed E-state index contributed by atoms with van der Waals surface area (Å²) in [6.45, 7) is 0. The third-order valence-corrected chi connectivity index (χ3v) is 2.89. The molecule has 2 heterocycles. The molecule has 0 aromatic carbocycles. The fourth-order valence-corrected chi connectivity index (χ4v) is 1.53. The van der Waals surface area contributed by atoms with E-state index < -0.39 is 0 Å². The fraction of sp³-hybridized carbons (Fsp3) is 0.500. The zero-order valence-electron chi connectivity index (χ0n) is 2.31. The first kappa shape index (κ1) is 1.62. The van der Waals surface area contributed by atoms with Gasteiger partial charge in [-0.25, -0.2) is 0 Å². The van der Waals surface area contributed by atoms with Crippen LogP contribution in [0.5, 0.6) is 0 Å². The van der Waals surface area contributed by atoms with Crippen LogP contribution >= 0.6 is 7.42 Å². The summed E-state index contributed by atoms with van der Waals surface area (Å²) in [4.78, 5) is 0. The number of hydrogen-bond donors (Lipinski definition) is 0. The van der Waals surface area contributed by atoms with Crippen molar-refractivity contribution >= 4 is 19.6 Å². The van der Waals surface area contributed by atoms with E-state index in [1.54, 1.807) is 6.06 Å². The van der Waals surface area contributed by atoms with Gasteiger partial charge in [-0.3, -0.25) is 0 Å². The minimum absolute atomic E-state index is 0.671. The maximum atomic E-state index is 2.45. The van der Waals surface area contributed by atoms with Gasteiger partial charge < -0.3 is 0 Å². The second-order valence-corrected chi connectivity index (χ2v) is 3.77. The van der Waals surface area contributed by atoms with Crippen molar-refractivity contribution in [1.82, 2.24) is 0 Å². The molecule has 0 N–H and O–H groups in total. The van der Waals surface area contributed by atoms with Gasteiger partial charge in [-0.15, -0.1) is 0 Å². The summed E-state index contributed by atoms with van der Waals surface area (Å²) < 4.78 is 0. The highest BCUT2D eigenvalue weighted by atomic mass is 31.1. The molecule has 18 valence electrons. The summed E-state index contributed by atoms with van der Waals surface area (Å²) in [5, 5.41) is 0. The van der Waals surface area contributed by atoms with Crippen LogP contribution in [0.15, 0.2) is 0 Å². The summed E-state index contributed by atoms with van der Waals surface area (Å²) in [6, 6.07) is 1.59. The number of rotatable bonds is 0.